The third-order valence-electron chi connectivity index (χ3n) is 4.95. The van der Waals surface area contributed by atoms with Gasteiger partial charge in [-0.3, -0.25) is 9.59 Å². The number of fused-ring (bicyclic) bond motifs is 2. The first-order valence-electron chi connectivity index (χ1n) is 8.64. The summed E-state index contributed by atoms with van der Waals surface area (Å²) in [5, 5.41) is 19.1. The van der Waals surface area contributed by atoms with Crippen molar-refractivity contribution in [1.82, 2.24) is 0 Å². The first-order valence-corrected chi connectivity index (χ1v) is 8.64. The zero-order valence-corrected chi connectivity index (χ0v) is 14.4. The van der Waals surface area contributed by atoms with Crippen molar-refractivity contribution in [2.75, 3.05) is 0 Å². The fourth-order valence-corrected chi connectivity index (χ4v) is 3.63. The van der Waals surface area contributed by atoms with Crippen molar-refractivity contribution < 1.29 is 34.1 Å². The Kier molecular flexibility index (Phi) is 5.21. The Labute approximate surface area is 154 Å². The van der Waals surface area contributed by atoms with Gasteiger partial charge < -0.3 is 14.9 Å². The zero-order valence-electron chi connectivity index (χ0n) is 14.4. The third-order valence-corrected chi connectivity index (χ3v) is 4.95. The Morgan fingerprint density at radius 1 is 0.852 bits per heavy atom. The van der Waals surface area contributed by atoms with Crippen molar-refractivity contribution in [2.24, 2.45) is 11.8 Å². The molecule has 1 saturated heterocycles. The number of esters is 2. The minimum absolute atomic E-state index is 0.101. The van der Waals surface area contributed by atoms with Crippen molar-refractivity contribution >= 4 is 34.6 Å². The van der Waals surface area contributed by atoms with Gasteiger partial charge in [-0.1, -0.05) is 43.2 Å². The molecule has 1 aliphatic carbocycles. The number of carbonyl (C=O) groups excluding carboxylic acids is 2. The summed E-state index contributed by atoms with van der Waals surface area (Å²) < 4.78 is 4.53. The van der Waals surface area contributed by atoms with Crippen LogP contribution in [-0.4, -0.2) is 34.1 Å². The molecule has 1 saturated carbocycles. The monoisotopic (exact) mass is 370 g/mol. The second-order valence-corrected chi connectivity index (χ2v) is 6.56. The molecule has 2 aromatic rings. The third kappa shape index (κ3) is 3.67. The van der Waals surface area contributed by atoms with Crippen LogP contribution in [0.2, 0.25) is 0 Å². The van der Waals surface area contributed by atoms with E-state index in [0.717, 1.165) is 25.7 Å². The second kappa shape index (κ2) is 7.57. The van der Waals surface area contributed by atoms with Gasteiger partial charge in [-0.25, -0.2) is 9.59 Å². The van der Waals surface area contributed by atoms with Crippen molar-refractivity contribution in [2.45, 2.75) is 25.7 Å². The molecule has 1 heterocycles. The molecular formula is C20H18O7. The van der Waals surface area contributed by atoms with Gasteiger partial charge in [0, 0.05) is 0 Å². The lowest BCUT2D eigenvalue weighted by molar-refractivity contribution is -0.153. The van der Waals surface area contributed by atoms with E-state index >= 15 is 0 Å². The largest absolute Gasteiger partial charge is 0.478 e. The molecule has 0 spiro atoms. The van der Waals surface area contributed by atoms with Gasteiger partial charge in [0.2, 0.25) is 0 Å². The molecule has 1 aliphatic heterocycles. The number of aromatic carboxylic acids is 2. The molecule has 2 atom stereocenters. The maximum Gasteiger partial charge on any atom is 0.337 e. The van der Waals surface area contributed by atoms with E-state index in [4.69, 9.17) is 10.2 Å². The van der Waals surface area contributed by atoms with E-state index in [9.17, 15) is 19.2 Å². The zero-order chi connectivity index (χ0) is 19.6. The Hall–Kier alpha value is -3.22. The van der Waals surface area contributed by atoms with Crippen LogP contribution in [-0.2, 0) is 14.3 Å². The smallest absolute Gasteiger partial charge is 0.337 e. The maximum absolute atomic E-state index is 11.1. The number of carbonyl (C=O) groups is 4. The molecule has 2 fully saturated rings. The molecule has 2 aliphatic rings. The summed E-state index contributed by atoms with van der Waals surface area (Å²) in [5.41, 5.74) is -0.350. The highest BCUT2D eigenvalue weighted by Crippen LogP contribution is 2.36. The first-order chi connectivity index (χ1) is 12.9. The summed E-state index contributed by atoms with van der Waals surface area (Å²) in [7, 11) is 0. The maximum atomic E-state index is 11.1. The van der Waals surface area contributed by atoms with Crippen LogP contribution in [0.25, 0.3) is 10.8 Å². The molecule has 2 N–H and O–H groups in total. The molecule has 0 bridgehead atoms. The summed E-state index contributed by atoms with van der Waals surface area (Å²) in [6.45, 7) is 0. The summed E-state index contributed by atoms with van der Waals surface area (Å²) >= 11 is 0. The molecular weight excluding hydrogens is 352 g/mol. The number of carboxylic acids is 2. The predicted molar refractivity (Wildman–Crippen MR) is 94.4 cm³/mol. The Morgan fingerprint density at radius 2 is 1.44 bits per heavy atom. The van der Waals surface area contributed by atoms with Gasteiger partial charge in [-0.05, 0) is 29.7 Å². The second-order valence-electron chi connectivity index (χ2n) is 6.56. The molecule has 2 aromatic carbocycles. The van der Waals surface area contributed by atoms with Gasteiger partial charge in [0.1, 0.15) is 0 Å². The normalized spacial score (nSPS) is 21.0. The minimum Gasteiger partial charge on any atom is -0.478 e. The van der Waals surface area contributed by atoms with Gasteiger partial charge in [-0.15, -0.1) is 0 Å². The van der Waals surface area contributed by atoms with E-state index in [-0.39, 0.29) is 34.9 Å². The molecule has 27 heavy (non-hydrogen) atoms. The summed E-state index contributed by atoms with van der Waals surface area (Å²) in [6.07, 6.45) is 3.80. The quantitative estimate of drug-likeness (QED) is 0.616. The van der Waals surface area contributed by atoms with Gasteiger partial charge >= 0.3 is 23.9 Å². The number of rotatable bonds is 2. The summed E-state index contributed by atoms with van der Waals surface area (Å²) in [6, 6.07) is 9.72. The van der Waals surface area contributed by atoms with Crippen molar-refractivity contribution in [3.05, 3.63) is 47.5 Å². The molecule has 140 valence electrons. The average molecular weight is 370 g/mol. The Bertz CT molecular complexity index is 909. The predicted octanol–water partition coefficient (Wildman–Crippen LogP) is 3.11. The molecule has 7 heteroatoms. The molecule has 4 rings (SSSR count). The van der Waals surface area contributed by atoms with E-state index in [0.29, 0.717) is 10.8 Å². The van der Waals surface area contributed by atoms with E-state index in [1.165, 1.54) is 6.07 Å². The van der Waals surface area contributed by atoms with Crippen LogP contribution in [0.4, 0.5) is 0 Å². The highest BCUT2D eigenvalue weighted by molar-refractivity contribution is 6.11. The van der Waals surface area contributed by atoms with Crippen molar-refractivity contribution in [3.8, 4) is 0 Å². The minimum atomic E-state index is -1.23. The lowest BCUT2D eigenvalue weighted by Gasteiger charge is -2.18. The van der Waals surface area contributed by atoms with Crippen LogP contribution in [0.1, 0.15) is 46.4 Å². The molecule has 0 amide bonds. The van der Waals surface area contributed by atoms with E-state index in [1.807, 2.05) is 0 Å². The fourth-order valence-electron chi connectivity index (χ4n) is 3.63. The highest BCUT2D eigenvalue weighted by atomic mass is 16.6. The van der Waals surface area contributed by atoms with E-state index in [1.54, 1.807) is 30.3 Å². The average Bonchev–Trinajstić information content (AvgIpc) is 2.95. The number of hydrogen-bond donors (Lipinski definition) is 2. The topological polar surface area (TPSA) is 118 Å². The van der Waals surface area contributed by atoms with Crippen LogP contribution in [0, 0.1) is 11.8 Å². The lowest BCUT2D eigenvalue weighted by Crippen LogP contribution is -2.21. The number of hydrogen-bond acceptors (Lipinski definition) is 5. The lowest BCUT2D eigenvalue weighted by atomic mass is 9.81. The van der Waals surface area contributed by atoms with Gasteiger partial charge in [0.05, 0.1) is 23.0 Å². The van der Waals surface area contributed by atoms with Crippen molar-refractivity contribution in [1.29, 1.82) is 0 Å². The standard InChI is InChI=1S/C12H8O4.C8H10O3/c13-11(14)9-6-5-7-3-1-2-4-8(7)10(9)12(15)16;9-7-5-3-1-2-4-6(5)8(10)11-7/h1-6H,(H,13,14)(H,15,16);5-6H,1-4H2. The summed E-state index contributed by atoms with van der Waals surface area (Å²) in [5.74, 6) is -3.25. The van der Waals surface area contributed by atoms with Gasteiger partial charge in [-0.2, -0.15) is 0 Å². The van der Waals surface area contributed by atoms with Gasteiger partial charge in [0.15, 0.2) is 0 Å². The Morgan fingerprint density at radius 3 is 2.00 bits per heavy atom. The van der Waals surface area contributed by atoms with Crippen LogP contribution < -0.4 is 0 Å². The van der Waals surface area contributed by atoms with E-state index < -0.39 is 11.9 Å². The van der Waals surface area contributed by atoms with Crippen LogP contribution in [0.15, 0.2) is 36.4 Å². The molecule has 2 unspecified atom stereocenters. The van der Waals surface area contributed by atoms with Gasteiger partial charge in [0.25, 0.3) is 0 Å². The summed E-state index contributed by atoms with van der Waals surface area (Å²) in [4.78, 5) is 43.9. The molecule has 0 aromatic heterocycles. The number of cyclic esters (lactones) is 2. The molecule has 0 radical (unpaired) electrons. The fraction of sp³-hybridized carbons (Fsp3) is 0.300. The number of ether oxygens (including phenoxy) is 1. The van der Waals surface area contributed by atoms with Crippen LogP contribution in [0.3, 0.4) is 0 Å². The van der Waals surface area contributed by atoms with Crippen molar-refractivity contribution in [3.63, 3.8) is 0 Å². The Balaban J connectivity index is 0.000000166. The highest BCUT2D eigenvalue weighted by Gasteiger charge is 2.44. The number of benzene rings is 2. The molecule has 7 nitrogen and oxygen atoms in total. The van der Waals surface area contributed by atoms with E-state index in [2.05, 4.69) is 4.74 Å². The van der Waals surface area contributed by atoms with Crippen LogP contribution in [0.5, 0.6) is 0 Å². The first kappa shape index (κ1) is 18.6. The van der Waals surface area contributed by atoms with Crippen LogP contribution >= 0.6 is 0 Å². The SMILES string of the molecule is O=C(O)c1ccc2ccccc2c1C(=O)O.O=C1OC(=O)C2CCCCC12. The number of carboxylic acid groups (broad SMARTS) is 2.